The molecule has 1 atom stereocenters. The number of aromatic nitrogens is 1. The van der Waals surface area contributed by atoms with Crippen molar-refractivity contribution >= 4 is 16.8 Å². The second-order valence-electron chi connectivity index (χ2n) is 6.28. The lowest BCUT2D eigenvalue weighted by molar-refractivity contribution is 0.0767. The minimum atomic E-state index is -0.483. The van der Waals surface area contributed by atoms with Crippen LogP contribution in [-0.4, -0.2) is 40.1 Å². The monoisotopic (exact) mass is 336 g/mol. The molecule has 0 unspecified atom stereocenters. The Bertz CT molecular complexity index is 943. The van der Waals surface area contributed by atoms with Crippen LogP contribution < -0.4 is 0 Å². The summed E-state index contributed by atoms with van der Waals surface area (Å²) in [6.07, 6.45) is 0.0950. The van der Waals surface area contributed by atoms with E-state index in [1.165, 1.54) is 12.1 Å². The van der Waals surface area contributed by atoms with E-state index in [-0.39, 0.29) is 11.7 Å². The summed E-state index contributed by atoms with van der Waals surface area (Å²) in [6, 6.07) is 15.5. The van der Waals surface area contributed by atoms with Crippen molar-refractivity contribution in [3.63, 3.8) is 0 Å². The molecule has 2 aromatic carbocycles. The molecule has 1 fully saturated rings. The van der Waals surface area contributed by atoms with Gasteiger partial charge in [0.2, 0.25) is 0 Å². The molecule has 0 spiro atoms. The van der Waals surface area contributed by atoms with Gasteiger partial charge in [-0.05, 0) is 24.6 Å². The fraction of sp³-hybridized carbons (Fsp3) is 0.200. The van der Waals surface area contributed by atoms with Crippen molar-refractivity contribution in [1.82, 2.24) is 9.88 Å². The smallest absolute Gasteiger partial charge is 0.254 e. The van der Waals surface area contributed by atoms with Crippen molar-refractivity contribution in [2.24, 2.45) is 0 Å². The Morgan fingerprint density at radius 3 is 2.68 bits per heavy atom. The van der Waals surface area contributed by atoms with Crippen LogP contribution >= 0.6 is 0 Å². The third kappa shape index (κ3) is 2.98. The van der Waals surface area contributed by atoms with E-state index < -0.39 is 6.10 Å². The topological polar surface area (TPSA) is 53.4 Å². The summed E-state index contributed by atoms with van der Waals surface area (Å²) in [5, 5.41) is 10.3. The number of fused-ring (bicyclic) bond motifs is 1. The summed E-state index contributed by atoms with van der Waals surface area (Å²) >= 11 is 0. The Balaban J connectivity index is 1.88. The van der Waals surface area contributed by atoms with Gasteiger partial charge >= 0.3 is 0 Å². The number of benzene rings is 2. The number of halogens is 1. The number of hydrogen-bond donors (Lipinski definition) is 1. The highest BCUT2D eigenvalue weighted by molar-refractivity contribution is 6.07. The van der Waals surface area contributed by atoms with Gasteiger partial charge < -0.3 is 10.0 Å². The molecule has 1 aliphatic heterocycles. The lowest BCUT2D eigenvalue weighted by Gasteiger charge is -2.17. The molecule has 1 amide bonds. The summed E-state index contributed by atoms with van der Waals surface area (Å²) in [5.74, 6) is -0.548. The van der Waals surface area contributed by atoms with Crippen LogP contribution in [0.2, 0.25) is 0 Å². The molecule has 0 radical (unpaired) electrons. The van der Waals surface area contributed by atoms with Crippen LogP contribution in [0.15, 0.2) is 54.6 Å². The third-order valence-corrected chi connectivity index (χ3v) is 4.52. The molecular weight excluding hydrogens is 319 g/mol. The molecule has 126 valence electrons. The van der Waals surface area contributed by atoms with Crippen molar-refractivity contribution < 1.29 is 14.3 Å². The number of pyridine rings is 1. The molecule has 1 aliphatic rings. The lowest BCUT2D eigenvalue weighted by atomic mass is 10.0. The fourth-order valence-electron chi connectivity index (χ4n) is 3.23. The van der Waals surface area contributed by atoms with Gasteiger partial charge in [-0.1, -0.05) is 30.3 Å². The second-order valence-corrected chi connectivity index (χ2v) is 6.28. The number of carbonyl (C=O) groups is 1. The van der Waals surface area contributed by atoms with E-state index in [4.69, 9.17) is 0 Å². The van der Waals surface area contributed by atoms with Crippen LogP contribution in [-0.2, 0) is 0 Å². The number of carbonyl (C=O) groups excluding carboxylic acids is 1. The number of nitrogens with zero attached hydrogens (tertiary/aromatic N) is 2. The number of amides is 1. The van der Waals surface area contributed by atoms with Gasteiger partial charge in [-0.2, -0.15) is 0 Å². The van der Waals surface area contributed by atoms with Crippen molar-refractivity contribution in [3.8, 4) is 11.3 Å². The standard InChI is InChI=1S/C20H17FN2O2/c21-14-6-7-16-17(20(25)23-9-8-15(24)12-23)11-18(22-19(16)10-14)13-4-2-1-3-5-13/h1-7,10-11,15,24H,8-9,12H2/t15-/m0/s1. The van der Waals surface area contributed by atoms with Gasteiger partial charge in [0.25, 0.3) is 5.91 Å². The zero-order chi connectivity index (χ0) is 17.4. The van der Waals surface area contributed by atoms with Gasteiger partial charge in [0.15, 0.2) is 0 Å². The highest BCUT2D eigenvalue weighted by Gasteiger charge is 2.27. The van der Waals surface area contributed by atoms with Gasteiger partial charge in [0.05, 0.1) is 22.9 Å². The molecule has 1 N–H and O–H groups in total. The average molecular weight is 336 g/mol. The average Bonchev–Trinajstić information content (AvgIpc) is 3.07. The van der Waals surface area contributed by atoms with E-state index in [9.17, 15) is 14.3 Å². The Hall–Kier alpha value is -2.79. The van der Waals surface area contributed by atoms with Gasteiger partial charge in [0.1, 0.15) is 5.82 Å². The maximum Gasteiger partial charge on any atom is 0.254 e. The number of hydrogen-bond acceptors (Lipinski definition) is 3. The Morgan fingerprint density at radius 2 is 1.96 bits per heavy atom. The SMILES string of the molecule is O=C(c1cc(-c2ccccc2)nc2cc(F)ccc12)N1CC[C@H](O)C1. The summed E-state index contributed by atoms with van der Waals surface area (Å²) in [4.78, 5) is 19.1. The first-order chi connectivity index (χ1) is 12.1. The van der Waals surface area contributed by atoms with Gasteiger partial charge in [-0.15, -0.1) is 0 Å². The Kier molecular flexibility index (Phi) is 3.93. The molecule has 0 aliphatic carbocycles. The van der Waals surface area contributed by atoms with Gasteiger partial charge in [0, 0.05) is 30.1 Å². The summed E-state index contributed by atoms with van der Waals surface area (Å²) in [5.41, 5.74) is 2.42. The minimum absolute atomic E-state index is 0.160. The van der Waals surface area contributed by atoms with Crippen molar-refractivity contribution in [3.05, 3.63) is 66.0 Å². The number of β-amino-alcohol motifs (C(OH)–C–C–N with tert-alkyl or cyclic N) is 1. The normalized spacial score (nSPS) is 17.2. The molecule has 5 heteroatoms. The van der Waals surface area contributed by atoms with Crippen LogP contribution in [0.4, 0.5) is 4.39 Å². The predicted octanol–water partition coefficient (Wildman–Crippen LogP) is 3.25. The maximum absolute atomic E-state index is 13.7. The second kappa shape index (κ2) is 6.26. The van der Waals surface area contributed by atoms with E-state index >= 15 is 0 Å². The molecule has 2 heterocycles. The van der Waals surface area contributed by atoms with Gasteiger partial charge in [-0.25, -0.2) is 9.37 Å². The Labute approximate surface area is 144 Å². The number of likely N-dealkylation sites (tertiary alicyclic amines) is 1. The molecule has 1 aromatic heterocycles. The highest BCUT2D eigenvalue weighted by atomic mass is 19.1. The summed E-state index contributed by atoms with van der Waals surface area (Å²) in [6.45, 7) is 0.843. The highest BCUT2D eigenvalue weighted by Crippen LogP contribution is 2.27. The van der Waals surface area contributed by atoms with Crippen LogP contribution in [0, 0.1) is 5.82 Å². The zero-order valence-corrected chi connectivity index (χ0v) is 13.5. The molecule has 0 bridgehead atoms. The first-order valence-electron chi connectivity index (χ1n) is 8.25. The van der Waals surface area contributed by atoms with E-state index in [1.807, 2.05) is 30.3 Å². The summed E-state index contributed by atoms with van der Waals surface area (Å²) < 4.78 is 13.7. The van der Waals surface area contributed by atoms with Crippen molar-refractivity contribution in [2.45, 2.75) is 12.5 Å². The lowest BCUT2D eigenvalue weighted by Crippen LogP contribution is -2.29. The third-order valence-electron chi connectivity index (χ3n) is 4.52. The van der Waals surface area contributed by atoms with Crippen LogP contribution in [0.25, 0.3) is 22.2 Å². The molecule has 4 rings (SSSR count). The largest absolute Gasteiger partial charge is 0.391 e. The quantitative estimate of drug-likeness (QED) is 0.782. The minimum Gasteiger partial charge on any atom is -0.391 e. The van der Waals surface area contributed by atoms with Crippen LogP contribution in [0.3, 0.4) is 0 Å². The fourth-order valence-corrected chi connectivity index (χ4v) is 3.23. The number of aliphatic hydroxyl groups excluding tert-OH is 1. The first kappa shape index (κ1) is 15.7. The van der Waals surface area contributed by atoms with Crippen molar-refractivity contribution in [2.75, 3.05) is 13.1 Å². The van der Waals surface area contributed by atoms with Crippen molar-refractivity contribution in [1.29, 1.82) is 0 Å². The molecule has 25 heavy (non-hydrogen) atoms. The van der Waals surface area contributed by atoms with E-state index in [0.29, 0.717) is 41.7 Å². The van der Waals surface area contributed by atoms with Crippen LogP contribution in [0.5, 0.6) is 0 Å². The van der Waals surface area contributed by atoms with Gasteiger partial charge in [-0.3, -0.25) is 4.79 Å². The molecule has 1 saturated heterocycles. The first-order valence-corrected chi connectivity index (χ1v) is 8.25. The van der Waals surface area contributed by atoms with E-state index in [0.717, 1.165) is 5.56 Å². The number of aliphatic hydroxyl groups is 1. The molecular formula is C20H17FN2O2. The van der Waals surface area contributed by atoms with Crippen LogP contribution in [0.1, 0.15) is 16.8 Å². The maximum atomic E-state index is 13.7. The molecule has 4 nitrogen and oxygen atoms in total. The Morgan fingerprint density at radius 1 is 1.16 bits per heavy atom. The summed E-state index contributed by atoms with van der Waals surface area (Å²) in [7, 11) is 0. The zero-order valence-electron chi connectivity index (χ0n) is 13.5. The van der Waals surface area contributed by atoms with E-state index in [2.05, 4.69) is 4.98 Å². The predicted molar refractivity (Wildman–Crippen MR) is 93.7 cm³/mol. The number of rotatable bonds is 2. The van der Waals surface area contributed by atoms with E-state index in [1.54, 1.807) is 17.0 Å². The molecule has 0 saturated carbocycles. The molecule has 3 aromatic rings.